The van der Waals surface area contributed by atoms with Gasteiger partial charge in [0.15, 0.2) is 0 Å². The van der Waals surface area contributed by atoms with Crippen molar-refractivity contribution in [2.45, 2.75) is 25.6 Å². The summed E-state index contributed by atoms with van der Waals surface area (Å²) in [7, 11) is 0. The van der Waals surface area contributed by atoms with Crippen LogP contribution in [0.4, 0.5) is 13.2 Å². The summed E-state index contributed by atoms with van der Waals surface area (Å²) in [4.78, 5) is 12.6. The second-order valence-corrected chi connectivity index (χ2v) is 7.59. The van der Waals surface area contributed by atoms with E-state index in [2.05, 4.69) is 0 Å². The minimum atomic E-state index is -4.43. The van der Waals surface area contributed by atoms with Crippen LogP contribution in [-0.4, -0.2) is 21.9 Å². The lowest BCUT2D eigenvalue weighted by Crippen LogP contribution is -2.28. The van der Waals surface area contributed by atoms with E-state index in [0.717, 1.165) is 12.1 Å². The van der Waals surface area contributed by atoms with Crippen LogP contribution in [-0.2, 0) is 6.18 Å². The van der Waals surface area contributed by atoms with Crippen molar-refractivity contribution in [1.82, 2.24) is 4.57 Å². The summed E-state index contributed by atoms with van der Waals surface area (Å²) in [6, 6.07) is 14.1. The fourth-order valence-electron chi connectivity index (χ4n) is 2.86. The maximum Gasteiger partial charge on any atom is 0.416 e. The first-order chi connectivity index (χ1) is 14.5. The molecule has 0 unspecified atom stereocenters. The van der Waals surface area contributed by atoms with Gasteiger partial charge in [-0.15, -0.1) is 0 Å². The molecule has 0 radical (unpaired) electrons. The SMILES string of the molecule is CC(C)(O)COc1ccc(-n2ccc(-c3ccc(C(F)(F)F)cc3)cc2=O)cc1C#N. The van der Waals surface area contributed by atoms with Gasteiger partial charge >= 0.3 is 6.18 Å². The molecule has 0 aliphatic heterocycles. The Morgan fingerprint density at radius 1 is 1.03 bits per heavy atom. The number of ether oxygens (including phenoxy) is 1. The highest BCUT2D eigenvalue weighted by Crippen LogP contribution is 2.31. The molecule has 0 spiro atoms. The first-order valence-electron chi connectivity index (χ1n) is 9.28. The van der Waals surface area contributed by atoms with Gasteiger partial charge < -0.3 is 9.84 Å². The van der Waals surface area contributed by atoms with Gasteiger partial charge in [-0.05, 0) is 61.4 Å². The minimum absolute atomic E-state index is 0.0111. The lowest BCUT2D eigenvalue weighted by Gasteiger charge is -2.18. The van der Waals surface area contributed by atoms with E-state index in [1.165, 1.54) is 41.1 Å². The molecule has 0 amide bonds. The molecule has 0 saturated heterocycles. The van der Waals surface area contributed by atoms with Gasteiger partial charge in [-0.2, -0.15) is 18.4 Å². The van der Waals surface area contributed by atoms with Crippen LogP contribution in [0, 0.1) is 11.3 Å². The van der Waals surface area contributed by atoms with Gasteiger partial charge in [0.1, 0.15) is 18.4 Å². The molecule has 0 atom stereocenters. The molecule has 1 heterocycles. The number of aliphatic hydroxyl groups is 1. The first-order valence-corrected chi connectivity index (χ1v) is 9.28. The molecule has 0 bridgehead atoms. The Hall–Kier alpha value is -3.57. The van der Waals surface area contributed by atoms with Crippen LogP contribution in [0.25, 0.3) is 16.8 Å². The Kier molecular flexibility index (Phi) is 5.91. The third kappa shape index (κ3) is 5.32. The van der Waals surface area contributed by atoms with Crippen molar-refractivity contribution in [3.8, 4) is 28.6 Å². The molecule has 31 heavy (non-hydrogen) atoms. The summed E-state index contributed by atoms with van der Waals surface area (Å²) in [5, 5.41) is 19.2. The number of benzene rings is 2. The molecule has 160 valence electrons. The fourth-order valence-corrected chi connectivity index (χ4v) is 2.86. The Bertz CT molecular complexity index is 1180. The topological polar surface area (TPSA) is 75.2 Å². The van der Waals surface area contributed by atoms with Crippen molar-refractivity contribution in [1.29, 1.82) is 5.26 Å². The predicted molar refractivity (Wildman–Crippen MR) is 109 cm³/mol. The van der Waals surface area contributed by atoms with E-state index in [0.29, 0.717) is 16.8 Å². The zero-order valence-corrected chi connectivity index (χ0v) is 16.8. The Morgan fingerprint density at radius 2 is 1.71 bits per heavy atom. The van der Waals surface area contributed by atoms with E-state index >= 15 is 0 Å². The van der Waals surface area contributed by atoms with Gasteiger partial charge in [0.25, 0.3) is 5.56 Å². The summed E-state index contributed by atoms with van der Waals surface area (Å²) in [5.41, 5.74) is -0.675. The molecule has 0 aliphatic carbocycles. The molecule has 3 rings (SSSR count). The van der Waals surface area contributed by atoms with Crippen molar-refractivity contribution in [2.75, 3.05) is 6.61 Å². The highest BCUT2D eigenvalue weighted by atomic mass is 19.4. The molecule has 3 aromatic rings. The Morgan fingerprint density at radius 3 is 2.26 bits per heavy atom. The smallest absolute Gasteiger partial charge is 0.416 e. The van der Waals surface area contributed by atoms with Crippen molar-refractivity contribution >= 4 is 0 Å². The fraction of sp³-hybridized carbons (Fsp3) is 0.217. The van der Waals surface area contributed by atoms with Crippen molar-refractivity contribution < 1.29 is 23.0 Å². The van der Waals surface area contributed by atoms with E-state index in [-0.39, 0.29) is 17.9 Å². The molecule has 8 heteroatoms. The molecule has 1 aromatic heterocycles. The molecule has 1 N–H and O–H groups in total. The van der Waals surface area contributed by atoms with E-state index in [1.54, 1.807) is 26.0 Å². The summed E-state index contributed by atoms with van der Waals surface area (Å²) in [6.45, 7) is 3.14. The number of hydrogen-bond donors (Lipinski definition) is 1. The highest BCUT2D eigenvalue weighted by Gasteiger charge is 2.30. The largest absolute Gasteiger partial charge is 0.489 e. The second kappa shape index (κ2) is 8.28. The summed E-state index contributed by atoms with van der Waals surface area (Å²) in [6.07, 6.45) is -2.94. The quantitative estimate of drug-likeness (QED) is 0.647. The minimum Gasteiger partial charge on any atom is -0.489 e. The molecule has 5 nitrogen and oxygen atoms in total. The van der Waals surface area contributed by atoms with Gasteiger partial charge in [0.05, 0.1) is 22.4 Å². The lowest BCUT2D eigenvalue weighted by atomic mass is 10.0. The Balaban J connectivity index is 1.89. The molecular formula is C23H19F3N2O3. The van der Waals surface area contributed by atoms with E-state index in [4.69, 9.17) is 4.74 Å². The predicted octanol–water partition coefficient (Wildman–Crippen LogP) is 4.54. The van der Waals surface area contributed by atoms with Crippen molar-refractivity contribution in [3.63, 3.8) is 0 Å². The van der Waals surface area contributed by atoms with Gasteiger partial charge in [0.2, 0.25) is 0 Å². The normalized spacial score (nSPS) is 11.8. The Labute approximate surface area is 176 Å². The number of hydrogen-bond acceptors (Lipinski definition) is 4. The monoisotopic (exact) mass is 428 g/mol. The number of halogens is 3. The van der Waals surface area contributed by atoms with Gasteiger partial charge in [-0.1, -0.05) is 12.1 Å². The first kappa shape index (κ1) is 22.1. The molecular weight excluding hydrogens is 409 g/mol. The van der Waals surface area contributed by atoms with Crippen molar-refractivity contribution in [3.05, 3.63) is 82.3 Å². The van der Waals surface area contributed by atoms with Crippen LogP contribution < -0.4 is 10.3 Å². The standard InChI is InChI=1S/C23H19F3N2O3/c1-22(2,30)14-31-20-8-7-19(11-17(20)13-27)28-10-9-16(12-21(28)29)15-3-5-18(6-4-15)23(24,25)26/h3-12,30H,14H2,1-2H3. The molecule has 2 aromatic carbocycles. The molecule has 0 fully saturated rings. The van der Waals surface area contributed by atoms with Crippen LogP contribution in [0.5, 0.6) is 5.75 Å². The number of nitrogens with zero attached hydrogens (tertiary/aromatic N) is 2. The van der Waals surface area contributed by atoms with E-state index in [1.807, 2.05) is 6.07 Å². The lowest BCUT2D eigenvalue weighted by molar-refractivity contribution is -0.137. The van der Waals surface area contributed by atoms with Crippen LogP contribution in [0.2, 0.25) is 0 Å². The van der Waals surface area contributed by atoms with E-state index in [9.17, 15) is 28.3 Å². The van der Waals surface area contributed by atoms with Crippen LogP contribution in [0.3, 0.4) is 0 Å². The van der Waals surface area contributed by atoms with Crippen molar-refractivity contribution in [2.24, 2.45) is 0 Å². The van der Waals surface area contributed by atoms with Crippen LogP contribution >= 0.6 is 0 Å². The zero-order valence-electron chi connectivity index (χ0n) is 16.8. The number of pyridine rings is 1. The van der Waals surface area contributed by atoms with Crippen LogP contribution in [0.1, 0.15) is 25.0 Å². The summed E-state index contributed by atoms with van der Waals surface area (Å²) in [5.74, 6) is 0.280. The van der Waals surface area contributed by atoms with Gasteiger partial charge in [-0.3, -0.25) is 9.36 Å². The summed E-state index contributed by atoms with van der Waals surface area (Å²) < 4.78 is 45.0. The maximum absolute atomic E-state index is 12.7. The average Bonchev–Trinajstić information content (AvgIpc) is 2.71. The zero-order chi connectivity index (χ0) is 22.8. The third-order valence-corrected chi connectivity index (χ3v) is 4.41. The number of rotatable bonds is 5. The number of aromatic nitrogens is 1. The highest BCUT2D eigenvalue weighted by molar-refractivity contribution is 5.63. The number of nitriles is 1. The third-order valence-electron chi connectivity index (χ3n) is 4.41. The molecule has 0 saturated carbocycles. The second-order valence-electron chi connectivity index (χ2n) is 7.59. The maximum atomic E-state index is 12.7. The summed E-state index contributed by atoms with van der Waals surface area (Å²) >= 11 is 0. The van der Waals surface area contributed by atoms with Crippen LogP contribution in [0.15, 0.2) is 65.6 Å². The van der Waals surface area contributed by atoms with Gasteiger partial charge in [-0.25, -0.2) is 0 Å². The van der Waals surface area contributed by atoms with E-state index < -0.39 is 22.9 Å². The van der Waals surface area contributed by atoms with Gasteiger partial charge in [0, 0.05) is 12.3 Å². The average molecular weight is 428 g/mol. The molecule has 0 aliphatic rings. The number of alkyl halides is 3.